The molecule has 30 heavy (non-hydrogen) atoms. The number of hydrogen-bond acceptors (Lipinski definition) is 5. The molecule has 0 radical (unpaired) electrons. The predicted molar refractivity (Wildman–Crippen MR) is 102 cm³/mol. The van der Waals surface area contributed by atoms with Crippen molar-refractivity contribution in [1.82, 2.24) is 15.2 Å². The van der Waals surface area contributed by atoms with Gasteiger partial charge in [0.15, 0.2) is 5.76 Å². The molecular formula is C21H23F2N3O4. The fourth-order valence-electron chi connectivity index (χ4n) is 4.50. The van der Waals surface area contributed by atoms with Crippen LogP contribution in [0.15, 0.2) is 28.8 Å². The summed E-state index contributed by atoms with van der Waals surface area (Å²) in [5, 5.41) is 12.4. The molecule has 1 saturated carbocycles. The number of carboxylic acids is 1. The monoisotopic (exact) mass is 419 g/mol. The van der Waals surface area contributed by atoms with Crippen LogP contribution < -0.4 is 5.32 Å². The molecule has 1 unspecified atom stereocenters. The van der Waals surface area contributed by atoms with E-state index >= 15 is 0 Å². The molecule has 1 aromatic heterocycles. The summed E-state index contributed by atoms with van der Waals surface area (Å²) < 4.78 is 32.5. The standard InChI is InChI=1S/C21H23F2N3O4/c22-12-7-8-14(16(23)10-12)17-11-24-20(30-17)19(27)25-18-15(21(28)29)6-3-9-26(18)13-4-1-2-5-13/h7-8,10-11,13,15,18H,1-6,9H2,(H,25,27)(H,28,29)/t15-,18?/m0/s1. The number of carbonyl (C=O) groups excluding carboxylic acids is 1. The Balaban J connectivity index is 1.54. The van der Waals surface area contributed by atoms with Gasteiger partial charge in [-0.25, -0.2) is 13.8 Å². The van der Waals surface area contributed by atoms with Gasteiger partial charge in [-0.15, -0.1) is 0 Å². The molecule has 4 rings (SSSR count). The van der Waals surface area contributed by atoms with Crippen molar-refractivity contribution < 1.29 is 27.9 Å². The highest BCUT2D eigenvalue weighted by molar-refractivity contribution is 5.90. The maximum Gasteiger partial charge on any atom is 0.309 e. The lowest BCUT2D eigenvalue weighted by Crippen LogP contribution is -2.59. The van der Waals surface area contributed by atoms with E-state index in [4.69, 9.17) is 4.42 Å². The number of piperidine rings is 1. The Kier molecular flexibility index (Phi) is 5.80. The molecule has 1 aliphatic carbocycles. The number of oxazole rings is 1. The van der Waals surface area contributed by atoms with Gasteiger partial charge in [-0.05, 0) is 37.8 Å². The average molecular weight is 419 g/mol. The molecule has 1 saturated heterocycles. The van der Waals surface area contributed by atoms with Crippen molar-refractivity contribution in [2.45, 2.75) is 50.7 Å². The van der Waals surface area contributed by atoms with E-state index in [0.29, 0.717) is 6.42 Å². The molecule has 2 fully saturated rings. The zero-order valence-corrected chi connectivity index (χ0v) is 16.3. The van der Waals surface area contributed by atoms with Crippen molar-refractivity contribution in [3.63, 3.8) is 0 Å². The number of likely N-dealkylation sites (tertiary alicyclic amines) is 1. The van der Waals surface area contributed by atoms with Gasteiger partial charge in [0, 0.05) is 18.7 Å². The van der Waals surface area contributed by atoms with Crippen molar-refractivity contribution in [3.05, 3.63) is 41.9 Å². The average Bonchev–Trinajstić information content (AvgIpc) is 3.40. The van der Waals surface area contributed by atoms with Crippen molar-refractivity contribution in [1.29, 1.82) is 0 Å². The van der Waals surface area contributed by atoms with Crippen LogP contribution in [0.4, 0.5) is 8.78 Å². The van der Waals surface area contributed by atoms with Crippen LogP contribution in [-0.2, 0) is 4.79 Å². The normalized spacial score (nSPS) is 22.9. The maximum absolute atomic E-state index is 14.0. The third kappa shape index (κ3) is 4.07. The van der Waals surface area contributed by atoms with E-state index in [9.17, 15) is 23.5 Å². The summed E-state index contributed by atoms with van der Waals surface area (Å²) in [6.45, 7) is 0.719. The smallest absolute Gasteiger partial charge is 0.309 e. The topological polar surface area (TPSA) is 95.7 Å². The first-order valence-corrected chi connectivity index (χ1v) is 10.1. The summed E-state index contributed by atoms with van der Waals surface area (Å²) in [5.41, 5.74) is -0.0170. The maximum atomic E-state index is 14.0. The Bertz CT molecular complexity index is 942. The van der Waals surface area contributed by atoms with Gasteiger partial charge < -0.3 is 14.8 Å². The lowest BCUT2D eigenvalue weighted by atomic mass is 9.92. The Labute approximate surface area is 172 Å². The van der Waals surface area contributed by atoms with Crippen LogP contribution >= 0.6 is 0 Å². The second-order valence-electron chi connectivity index (χ2n) is 7.84. The zero-order chi connectivity index (χ0) is 21.3. The lowest BCUT2D eigenvalue weighted by Gasteiger charge is -2.43. The molecule has 2 N–H and O–H groups in total. The first-order chi connectivity index (χ1) is 14.4. The summed E-state index contributed by atoms with van der Waals surface area (Å²) in [4.78, 5) is 30.6. The fraction of sp³-hybridized carbons (Fsp3) is 0.476. The molecule has 1 aliphatic heterocycles. The van der Waals surface area contributed by atoms with Crippen LogP contribution in [0.2, 0.25) is 0 Å². The molecule has 2 aliphatic rings. The molecule has 0 spiro atoms. The molecule has 160 valence electrons. The van der Waals surface area contributed by atoms with Crippen LogP contribution in [0.25, 0.3) is 11.3 Å². The zero-order valence-electron chi connectivity index (χ0n) is 16.3. The number of halogens is 2. The first-order valence-electron chi connectivity index (χ1n) is 10.1. The van der Waals surface area contributed by atoms with Crippen LogP contribution in [0.1, 0.15) is 49.2 Å². The van der Waals surface area contributed by atoms with Gasteiger partial charge in [-0.3, -0.25) is 14.5 Å². The van der Waals surface area contributed by atoms with E-state index in [2.05, 4.69) is 15.2 Å². The number of aliphatic carboxylic acids is 1. The molecule has 2 heterocycles. The third-order valence-corrected chi connectivity index (χ3v) is 5.96. The van der Waals surface area contributed by atoms with Crippen LogP contribution in [0, 0.1) is 17.6 Å². The number of rotatable bonds is 5. The molecule has 2 atom stereocenters. The largest absolute Gasteiger partial charge is 0.481 e. The summed E-state index contributed by atoms with van der Waals surface area (Å²) in [6, 6.07) is 3.25. The van der Waals surface area contributed by atoms with Crippen molar-refractivity contribution in [2.24, 2.45) is 5.92 Å². The fourth-order valence-corrected chi connectivity index (χ4v) is 4.50. The second-order valence-corrected chi connectivity index (χ2v) is 7.84. The number of hydrogen-bond donors (Lipinski definition) is 2. The van der Waals surface area contributed by atoms with Gasteiger partial charge in [-0.2, -0.15) is 0 Å². The highest BCUT2D eigenvalue weighted by atomic mass is 19.1. The van der Waals surface area contributed by atoms with Gasteiger partial charge in [0.25, 0.3) is 5.89 Å². The first kappa shape index (κ1) is 20.5. The van der Waals surface area contributed by atoms with E-state index in [1.54, 1.807) is 0 Å². The highest BCUT2D eigenvalue weighted by Gasteiger charge is 2.41. The van der Waals surface area contributed by atoms with Crippen molar-refractivity contribution in [3.8, 4) is 11.3 Å². The van der Waals surface area contributed by atoms with Crippen molar-refractivity contribution in [2.75, 3.05) is 6.54 Å². The van der Waals surface area contributed by atoms with Crippen LogP contribution in [0.5, 0.6) is 0 Å². The minimum absolute atomic E-state index is 0.0104. The SMILES string of the molecule is O=C(NC1[C@@H](C(=O)O)CCCN1C1CCCC1)c1ncc(-c2ccc(F)cc2F)o1. The van der Waals surface area contributed by atoms with E-state index in [0.717, 1.165) is 50.8 Å². The van der Waals surface area contributed by atoms with E-state index < -0.39 is 35.6 Å². The number of carbonyl (C=O) groups is 2. The van der Waals surface area contributed by atoms with Crippen LogP contribution in [0.3, 0.4) is 0 Å². The highest BCUT2D eigenvalue weighted by Crippen LogP contribution is 2.32. The summed E-state index contributed by atoms with van der Waals surface area (Å²) in [6.07, 6.45) is 5.89. The van der Waals surface area contributed by atoms with E-state index in [-0.39, 0.29) is 23.3 Å². The Hall–Kier alpha value is -2.81. The van der Waals surface area contributed by atoms with Crippen molar-refractivity contribution >= 4 is 11.9 Å². The number of nitrogens with zero attached hydrogens (tertiary/aromatic N) is 2. The van der Waals surface area contributed by atoms with Gasteiger partial charge in [0.05, 0.1) is 23.8 Å². The number of carboxylic acid groups (broad SMARTS) is 1. The van der Waals surface area contributed by atoms with Gasteiger partial charge >= 0.3 is 11.9 Å². The Morgan fingerprint density at radius 2 is 1.93 bits per heavy atom. The predicted octanol–water partition coefficient (Wildman–Crippen LogP) is 3.41. The summed E-state index contributed by atoms with van der Waals surface area (Å²) >= 11 is 0. The van der Waals surface area contributed by atoms with Crippen LogP contribution in [-0.4, -0.2) is 45.6 Å². The minimum atomic E-state index is -0.954. The number of amides is 1. The van der Waals surface area contributed by atoms with Gasteiger partial charge in [0.1, 0.15) is 11.6 Å². The summed E-state index contributed by atoms with van der Waals surface area (Å²) in [5.74, 6) is -4.21. The lowest BCUT2D eigenvalue weighted by molar-refractivity contribution is -0.147. The van der Waals surface area contributed by atoms with Gasteiger partial charge in [-0.1, -0.05) is 12.8 Å². The quantitative estimate of drug-likeness (QED) is 0.771. The number of benzene rings is 1. The molecule has 7 nitrogen and oxygen atoms in total. The summed E-state index contributed by atoms with van der Waals surface area (Å²) in [7, 11) is 0. The molecule has 9 heteroatoms. The van der Waals surface area contributed by atoms with Gasteiger partial charge in [0.2, 0.25) is 0 Å². The molecule has 0 bridgehead atoms. The second kappa shape index (κ2) is 8.51. The molecule has 2 aromatic rings. The number of nitrogens with one attached hydrogen (secondary N) is 1. The molecule has 1 amide bonds. The Morgan fingerprint density at radius 1 is 1.17 bits per heavy atom. The molecular weight excluding hydrogens is 396 g/mol. The molecule has 1 aromatic carbocycles. The van der Waals surface area contributed by atoms with E-state index in [1.165, 1.54) is 12.3 Å². The third-order valence-electron chi connectivity index (χ3n) is 5.96. The number of aromatic nitrogens is 1. The van der Waals surface area contributed by atoms with E-state index in [1.807, 2.05) is 0 Å². The minimum Gasteiger partial charge on any atom is -0.481 e. The Morgan fingerprint density at radius 3 is 2.63 bits per heavy atom.